The number of hydrogen-bond donors (Lipinski definition) is 1. The highest BCUT2D eigenvalue weighted by molar-refractivity contribution is 6.46. The lowest BCUT2D eigenvalue weighted by atomic mass is 10.2. The van der Waals surface area contributed by atoms with Gasteiger partial charge in [-0.1, -0.05) is 36.5 Å². The highest BCUT2D eigenvalue weighted by Crippen LogP contribution is 2.35. The number of carbonyl (C=O) groups is 1. The Morgan fingerprint density at radius 2 is 1.81 bits per heavy atom. The molecule has 3 rings (SSSR count). The second kappa shape index (κ2) is 9.05. The van der Waals surface area contributed by atoms with E-state index in [0.717, 1.165) is 5.56 Å². The molecule has 0 bridgehead atoms. The molecule has 1 aromatic heterocycles. The van der Waals surface area contributed by atoms with E-state index in [0.29, 0.717) is 23.6 Å². The van der Waals surface area contributed by atoms with Crippen molar-refractivity contribution in [3.63, 3.8) is 0 Å². The van der Waals surface area contributed by atoms with Crippen molar-refractivity contribution in [3.05, 3.63) is 90.2 Å². The molecule has 6 nitrogen and oxygen atoms in total. The number of fused-ring (bicyclic) bond motifs is 1. The van der Waals surface area contributed by atoms with E-state index in [2.05, 4.69) is 15.0 Å². The monoisotopic (exact) mass is 358 g/mol. The molecular formula is C21H18N4O2. The Labute approximate surface area is 157 Å². The van der Waals surface area contributed by atoms with Gasteiger partial charge < -0.3 is 10.5 Å². The molecule has 0 fully saturated rings. The Kier molecular flexibility index (Phi) is 6.04. The van der Waals surface area contributed by atoms with E-state index in [1.807, 2.05) is 54.7 Å². The van der Waals surface area contributed by atoms with E-state index in [1.165, 1.54) is 12.4 Å². The molecule has 1 aliphatic carbocycles. The largest absolute Gasteiger partial charge is 0.442 e. The molecule has 0 unspecified atom stereocenters. The molecule has 2 N–H and O–H groups in total. The average Bonchev–Trinajstić information content (AvgIpc) is 3.41. The zero-order chi connectivity index (χ0) is 18.9. The lowest BCUT2D eigenvalue weighted by Gasteiger charge is -2.03. The van der Waals surface area contributed by atoms with Gasteiger partial charge in [0, 0.05) is 42.4 Å². The van der Waals surface area contributed by atoms with Crippen LogP contribution in [0.5, 0.6) is 5.88 Å². The number of amides is 1. The first-order chi connectivity index (χ1) is 13.3. The summed E-state index contributed by atoms with van der Waals surface area (Å²) in [5, 5.41) is 0. The van der Waals surface area contributed by atoms with E-state index in [1.54, 1.807) is 18.5 Å². The quantitative estimate of drug-likeness (QED) is 0.835. The minimum Gasteiger partial charge on any atom is -0.442 e. The Morgan fingerprint density at radius 1 is 1.04 bits per heavy atom. The fourth-order valence-corrected chi connectivity index (χ4v) is 2.23. The maximum atomic E-state index is 11.7. The molecule has 1 amide bonds. The Bertz CT molecular complexity index is 960. The van der Waals surface area contributed by atoms with Crippen LogP contribution in [0, 0.1) is 0 Å². The maximum absolute atomic E-state index is 11.7. The molecule has 1 aliphatic heterocycles. The number of aromatic nitrogens is 1. The highest BCUT2D eigenvalue weighted by atomic mass is 16.5. The van der Waals surface area contributed by atoms with Crippen LogP contribution in [0.2, 0.25) is 0 Å². The van der Waals surface area contributed by atoms with Gasteiger partial charge in [-0.15, -0.1) is 0 Å². The van der Waals surface area contributed by atoms with Crippen molar-refractivity contribution in [1.29, 1.82) is 0 Å². The normalized spacial score (nSPS) is 16.5. The van der Waals surface area contributed by atoms with Gasteiger partial charge in [-0.25, -0.2) is 9.98 Å². The van der Waals surface area contributed by atoms with Gasteiger partial charge in [0.05, 0.1) is 0 Å². The maximum Gasteiger partial charge on any atom is 0.267 e. The summed E-state index contributed by atoms with van der Waals surface area (Å²) in [5.74, 6) is 0.490. The number of primary amides is 1. The van der Waals surface area contributed by atoms with Crippen LogP contribution in [0.1, 0.15) is 12.0 Å². The predicted octanol–water partition coefficient (Wildman–Crippen LogP) is 3.28. The van der Waals surface area contributed by atoms with Gasteiger partial charge in [-0.3, -0.25) is 9.79 Å². The SMILES string of the molecule is NC(=O)C1=NC=CN=CC=CC=CC=CC=Cc2cccnc2OC2=C1C2. The highest BCUT2D eigenvalue weighted by Gasteiger charge is 2.32. The molecule has 27 heavy (non-hydrogen) atoms. The van der Waals surface area contributed by atoms with Gasteiger partial charge in [-0.2, -0.15) is 0 Å². The van der Waals surface area contributed by atoms with Gasteiger partial charge in [0.1, 0.15) is 11.5 Å². The fourth-order valence-electron chi connectivity index (χ4n) is 2.23. The summed E-state index contributed by atoms with van der Waals surface area (Å²) in [6, 6.07) is 3.74. The van der Waals surface area contributed by atoms with E-state index in [-0.39, 0.29) is 5.71 Å². The van der Waals surface area contributed by atoms with Crippen LogP contribution in [0.4, 0.5) is 0 Å². The minimum absolute atomic E-state index is 0.170. The number of hydrogen-bond acceptors (Lipinski definition) is 5. The molecule has 0 saturated carbocycles. The summed E-state index contributed by atoms with van der Waals surface area (Å²) >= 11 is 0. The molecule has 0 radical (unpaired) electrons. The van der Waals surface area contributed by atoms with Gasteiger partial charge in [0.15, 0.2) is 0 Å². The van der Waals surface area contributed by atoms with Crippen LogP contribution in [0.15, 0.2) is 94.6 Å². The molecule has 2 aliphatic rings. The van der Waals surface area contributed by atoms with Crippen molar-refractivity contribution in [1.82, 2.24) is 4.98 Å². The lowest BCUT2D eigenvalue weighted by Crippen LogP contribution is -2.22. The van der Waals surface area contributed by atoms with Crippen molar-refractivity contribution >= 4 is 23.9 Å². The summed E-state index contributed by atoms with van der Waals surface area (Å²) in [6.45, 7) is 0. The number of rotatable bonds is 1. The number of nitrogens with zero attached hydrogens (tertiary/aromatic N) is 3. The first kappa shape index (κ1) is 18.0. The Hall–Kier alpha value is -3.80. The summed E-state index contributed by atoms with van der Waals surface area (Å²) in [7, 11) is 0. The third kappa shape index (κ3) is 5.34. The lowest BCUT2D eigenvalue weighted by molar-refractivity contribution is -0.111. The van der Waals surface area contributed by atoms with E-state index in [4.69, 9.17) is 10.5 Å². The third-order valence-corrected chi connectivity index (χ3v) is 3.56. The Balaban J connectivity index is 1.93. The first-order valence-electron chi connectivity index (χ1n) is 8.33. The molecular weight excluding hydrogens is 340 g/mol. The predicted molar refractivity (Wildman–Crippen MR) is 107 cm³/mol. The van der Waals surface area contributed by atoms with Crippen LogP contribution in [-0.4, -0.2) is 22.8 Å². The topological polar surface area (TPSA) is 89.9 Å². The molecule has 6 heteroatoms. The van der Waals surface area contributed by atoms with Crippen molar-refractivity contribution < 1.29 is 9.53 Å². The van der Waals surface area contributed by atoms with E-state index >= 15 is 0 Å². The van der Waals surface area contributed by atoms with Crippen molar-refractivity contribution in [2.75, 3.05) is 0 Å². The zero-order valence-corrected chi connectivity index (χ0v) is 14.5. The molecule has 0 saturated heterocycles. The summed E-state index contributed by atoms with van der Waals surface area (Å²) in [5.41, 5.74) is 7.11. The number of carbonyl (C=O) groups excluding carboxylic acids is 1. The van der Waals surface area contributed by atoms with Crippen LogP contribution >= 0.6 is 0 Å². The molecule has 0 atom stereocenters. The first-order valence-corrected chi connectivity index (χ1v) is 8.33. The van der Waals surface area contributed by atoms with Gasteiger partial charge >= 0.3 is 0 Å². The summed E-state index contributed by atoms with van der Waals surface area (Å²) in [6.07, 6.45) is 21.7. The smallest absolute Gasteiger partial charge is 0.267 e. The molecule has 2 heterocycles. The van der Waals surface area contributed by atoms with Crippen LogP contribution < -0.4 is 10.5 Å². The molecule has 1 aromatic rings. The van der Waals surface area contributed by atoms with Crippen LogP contribution in [0.3, 0.4) is 0 Å². The number of allylic oxidation sites excluding steroid dienone is 8. The third-order valence-electron chi connectivity index (χ3n) is 3.56. The zero-order valence-electron chi connectivity index (χ0n) is 14.5. The number of pyridine rings is 1. The van der Waals surface area contributed by atoms with Crippen molar-refractivity contribution in [2.45, 2.75) is 6.42 Å². The molecule has 0 spiro atoms. The summed E-state index contributed by atoms with van der Waals surface area (Å²) in [4.78, 5) is 24.1. The van der Waals surface area contributed by atoms with Crippen molar-refractivity contribution in [3.8, 4) is 5.88 Å². The van der Waals surface area contributed by atoms with Gasteiger partial charge in [-0.05, 0) is 24.3 Å². The van der Waals surface area contributed by atoms with E-state index < -0.39 is 5.91 Å². The van der Waals surface area contributed by atoms with Crippen LogP contribution in [0.25, 0.3) is 6.08 Å². The standard InChI is InChI=1S/C21H18N4O2/c22-20(26)19-17-15-18(17)27-21-16(10-8-12-25-21)9-6-4-2-1-3-5-7-11-23-13-14-24-19/h1-14H,15H2,(H2,22,26). The van der Waals surface area contributed by atoms with Crippen molar-refractivity contribution in [2.24, 2.45) is 15.7 Å². The number of nitrogens with two attached hydrogens (primary N) is 1. The fraction of sp³-hybridized carbons (Fsp3) is 0.0476. The average molecular weight is 358 g/mol. The summed E-state index contributed by atoms with van der Waals surface area (Å²) < 4.78 is 5.84. The molecule has 0 aromatic carbocycles. The van der Waals surface area contributed by atoms with Crippen LogP contribution in [-0.2, 0) is 4.79 Å². The second-order valence-corrected chi connectivity index (χ2v) is 5.53. The van der Waals surface area contributed by atoms with Gasteiger partial charge in [0.25, 0.3) is 5.91 Å². The number of aliphatic imine (C=N–C) groups is 2. The van der Waals surface area contributed by atoms with Gasteiger partial charge in [0.2, 0.25) is 5.88 Å². The number of ether oxygens (including phenoxy) is 1. The Morgan fingerprint density at radius 3 is 2.63 bits per heavy atom. The van der Waals surface area contributed by atoms with E-state index in [9.17, 15) is 4.79 Å². The second-order valence-electron chi connectivity index (χ2n) is 5.53. The molecule has 134 valence electrons. The minimum atomic E-state index is -0.612.